The van der Waals surface area contributed by atoms with Crippen molar-refractivity contribution in [2.75, 3.05) is 13.4 Å². The fourth-order valence-electron chi connectivity index (χ4n) is 1.87. The zero-order valence-corrected chi connectivity index (χ0v) is 9.44. The minimum atomic E-state index is -0.467. The van der Waals surface area contributed by atoms with Crippen molar-refractivity contribution in [3.8, 4) is 0 Å². The first kappa shape index (κ1) is 12.5. The van der Waals surface area contributed by atoms with Crippen molar-refractivity contribution in [3.05, 3.63) is 39.9 Å². The molecule has 1 aliphatic heterocycles. The lowest BCUT2D eigenvalue weighted by atomic mass is 10.0. The highest BCUT2D eigenvalue weighted by atomic mass is 16.7. The van der Waals surface area contributed by atoms with Gasteiger partial charge in [-0.3, -0.25) is 14.9 Å². The Morgan fingerprint density at radius 3 is 3.06 bits per heavy atom. The number of non-ortho nitro benzene ring substituents is 1. The number of carbonyl (C=O) groups is 1. The van der Waals surface area contributed by atoms with Crippen LogP contribution >= 0.6 is 0 Å². The zero-order valence-electron chi connectivity index (χ0n) is 9.44. The Kier molecular flexibility index (Phi) is 3.85. The standard InChI is InChI=1S/C11H12N2O5/c14-6-12-10-5-17-7-18-11(10)8-2-1-3-9(4-8)13(15)16/h1-4,6,10-11H,5,7H2,(H,12,14)/t10-,11-/m1/s1. The SMILES string of the molecule is O=CN[C@@H]1COCO[C@@H]1c1cccc([N+](=O)[O-])c1. The fraction of sp³-hybridized carbons (Fsp3) is 0.364. The predicted molar refractivity (Wildman–Crippen MR) is 60.7 cm³/mol. The second kappa shape index (κ2) is 5.56. The molecule has 0 aromatic heterocycles. The van der Waals surface area contributed by atoms with Gasteiger partial charge in [-0.15, -0.1) is 0 Å². The van der Waals surface area contributed by atoms with Crippen molar-refractivity contribution in [1.82, 2.24) is 5.32 Å². The summed E-state index contributed by atoms with van der Waals surface area (Å²) in [4.78, 5) is 20.7. The van der Waals surface area contributed by atoms with Crippen molar-refractivity contribution < 1.29 is 19.2 Å². The number of benzene rings is 1. The molecule has 7 nitrogen and oxygen atoms in total. The molecule has 96 valence electrons. The molecule has 1 aliphatic rings. The maximum Gasteiger partial charge on any atom is 0.269 e. The third-order valence-electron chi connectivity index (χ3n) is 2.69. The van der Waals surface area contributed by atoms with E-state index < -0.39 is 11.0 Å². The molecule has 0 aliphatic carbocycles. The Morgan fingerprint density at radius 2 is 2.33 bits per heavy atom. The summed E-state index contributed by atoms with van der Waals surface area (Å²) in [6.07, 6.45) is 0.122. The molecule has 18 heavy (non-hydrogen) atoms. The molecular weight excluding hydrogens is 240 g/mol. The summed E-state index contributed by atoms with van der Waals surface area (Å²) < 4.78 is 10.5. The molecule has 1 heterocycles. The van der Waals surface area contributed by atoms with E-state index in [2.05, 4.69) is 5.32 Å². The smallest absolute Gasteiger partial charge is 0.269 e. The van der Waals surface area contributed by atoms with Crippen LogP contribution in [0.4, 0.5) is 5.69 Å². The fourth-order valence-corrected chi connectivity index (χ4v) is 1.87. The normalized spacial score (nSPS) is 23.3. The number of hydrogen-bond acceptors (Lipinski definition) is 5. The number of nitro groups is 1. The number of nitro benzene ring substituents is 1. The molecule has 2 rings (SSSR count). The molecule has 0 radical (unpaired) electrons. The van der Waals surface area contributed by atoms with Crippen molar-refractivity contribution in [2.45, 2.75) is 12.1 Å². The summed E-state index contributed by atoms with van der Waals surface area (Å²) in [6, 6.07) is 5.81. The lowest BCUT2D eigenvalue weighted by molar-refractivity contribution is -0.385. The lowest BCUT2D eigenvalue weighted by Gasteiger charge is -2.31. The van der Waals surface area contributed by atoms with Crippen LogP contribution in [0, 0.1) is 10.1 Å². The Labute approximate surface area is 103 Å². The number of amides is 1. The molecule has 7 heteroatoms. The van der Waals surface area contributed by atoms with Gasteiger partial charge in [0.15, 0.2) is 0 Å². The minimum absolute atomic E-state index is 0.00700. The van der Waals surface area contributed by atoms with Crippen LogP contribution in [0.1, 0.15) is 11.7 Å². The van der Waals surface area contributed by atoms with Gasteiger partial charge < -0.3 is 14.8 Å². The van der Waals surface area contributed by atoms with Gasteiger partial charge in [0.25, 0.3) is 5.69 Å². The van der Waals surface area contributed by atoms with E-state index in [1.165, 1.54) is 12.1 Å². The Balaban J connectivity index is 2.24. The molecule has 0 bridgehead atoms. The molecule has 2 atom stereocenters. The van der Waals surface area contributed by atoms with Gasteiger partial charge in [-0.1, -0.05) is 12.1 Å². The number of ether oxygens (including phenoxy) is 2. The number of nitrogens with zero attached hydrogens (tertiary/aromatic N) is 1. The third kappa shape index (κ3) is 2.63. The van der Waals surface area contributed by atoms with E-state index in [0.29, 0.717) is 18.6 Å². The third-order valence-corrected chi connectivity index (χ3v) is 2.69. The van der Waals surface area contributed by atoms with Crippen LogP contribution < -0.4 is 5.32 Å². The van der Waals surface area contributed by atoms with E-state index in [1.807, 2.05) is 0 Å². The summed E-state index contributed by atoms with van der Waals surface area (Å²) in [7, 11) is 0. The van der Waals surface area contributed by atoms with Gasteiger partial charge in [-0.25, -0.2) is 0 Å². The highest BCUT2D eigenvalue weighted by molar-refractivity contribution is 5.47. The molecule has 1 amide bonds. The van der Waals surface area contributed by atoms with E-state index in [1.54, 1.807) is 12.1 Å². The largest absolute Gasteiger partial charge is 0.353 e. The number of rotatable bonds is 4. The van der Waals surface area contributed by atoms with Crippen molar-refractivity contribution in [1.29, 1.82) is 0 Å². The van der Waals surface area contributed by atoms with Crippen LogP contribution in [0.3, 0.4) is 0 Å². The number of carbonyl (C=O) groups excluding carboxylic acids is 1. The highest BCUT2D eigenvalue weighted by Crippen LogP contribution is 2.27. The molecular formula is C11H12N2O5. The van der Waals surface area contributed by atoms with Crippen molar-refractivity contribution >= 4 is 12.1 Å². The second-order valence-electron chi connectivity index (χ2n) is 3.82. The van der Waals surface area contributed by atoms with Gasteiger partial charge in [0.1, 0.15) is 12.9 Å². The van der Waals surface area contributed by atoms with E-state index in [-0.39, 0.29) is 18.5 Å². The average molecular weight is 252 g/mol. The molecule has 0 spiro atoms. The molecule has 0 unspecified atom stereocenters. The summed E-state index contributed by atoms with van der Waals surface area (Å²) in [5.41, 5.74) is 0.638. The van der Waals surface area contributed by atoms with Gasteiger partial charge in [0.05, 0.1) is 17.6 Å². The first-order chi connectivity index (χ1) is 8.72. The Hall–Kier alpha value is -1.99. The van der Waals surface area contributed by atoms with Gasteiger partial charge in [-0.2, -0.15) is 0 Å². The van der Waals surface area contributed by atoms with E-state index in [0.717, 1.165) is 0 Å². The maximum atomic E-state index is 10.7. The van der Waals surface area contributed by atoms with Gasteiger partial charge in [-0.05, 0) is 5.56 Å². The molecule has 0 saturated carbocycles. The molecule has 1 N–H and O–H groups in total. The van der Waals surface area contributed by atoms with Crippen LogP contribution in [-0.2, 0) is 14.3 Å². The molecule has 1 aromatic rings. The Morgan fingerprint density at radius 1 is 1.50 bits per heavy atom. The quantitative estimate of drug-likeness (QED) is 0.485. The summed E-state index contributed by atoms with van der Waals surface area (Å²) >= 11 is 0. The van der Waals surface area contributed by atoms with Crippen LogP contribution in [0.15, 0.2) is 24.3 Å². The van der Waals surface area contributed by atoms with Gasteiger partial charge in [0.2, 0.25) is 6.41 Å². The molecule has 1 aromatic carbocycles. The van der Waals surface area contributed by atoms with E-state index in [9.17, 15) is 14.9 Å². The van der Waals surface area contributed by atoms with Crippen molar-refractivity contribution in [2.24, 2.45) is 0 Å². The zero-order chi connectivity index (χ0) is 13.0. The second-order valence-corrected chi connectivity index (χ2v) is 3.82. The van der Waals surface area contributed by atoms with Crippen LogP contribution in [0.5, 0.6) is 0 Å². The van der Waals surface area contributed by atoms with Gasteiger partial charge in [0, 0.05) is 12.1 Å². The molecule has 1 saturated heterocycles. The highest BCUT2D eigenvalue weighted by Gasteiger charge is 2.28. The molecule has 1 fully saturated rings. The van der Waals surface area contributed by atoms with Crippen LogP contribution in [-0.4, -0.2) is 30.8 Å². The van der Waals surface area contributed by atoms with E-state index >= 15 is 0 Å². The minimum Gasteiger partial charge on any atom is -0.353 e. The maximum absolute atomic E-state index is 10.7. The number of hydrogen-bond donors (Lipinski definition) is 1. The van der Waals surface area contributed by atoms with E-state index in [4.69, 9.17) is 9.47 Å². The van der Waals surface area contributed by atoms with Gasteiger partial charge >= 0.3 is 0 Å². The van der Waals surface area contributed by atoms with Crippen LogP contribution in [0.2, 0.25) is 0 Å². The number of nitrogens with one attached hydrogen (secondary N) is 1. The first-order valence-corrected chi connectivity index (χ1v) is 5.36. The predicted octanol–water partition coefficient (Wildman–Crippen LogP) is 0.755. The summed E-state index contributed by atoms with van der Waals surface area (Å²) in [6.45, 7) is 0.413. The lowest BCUT2D eigenvalue weighted by Crippen LogP contribution is -2.43. The summed E-state index contributed by atoms with van der Waals surface area (Å²) in [5.74, 6) is 0. The van der Waals surface area contributed by atoms with Crippen molar-refractivity contribution in [3.63, 3.8) is 0 Å². The van der Waals surface area contributed by atoms with Crippen LogP contribution in [0.25, 0.3) is 0 Å². The average Bonchev–Trinajstić information content (AvgIpc) is 2.40. The monoisotopic (exact) mass is 252 g/mol. The summed E-state index contributed by atoms with van der Waals surface area (Å²) in [5, 5.41) is 13.3. The first-order valence-electron chi connectivity index (χ1n) is 5.36. The topological polar surface area (TPSA) is 90.7 Å². The Bertz CT molecular complexity index is 451.